The van der Waals surface area contributed by atoms with E-state index in [-0.39, 0.29) is 5.56 Å². The van der Waals surface area contributed by atoms with Gasteiger partial charge in [0.05, 0.1) is 29.1 Å². The summed E-state index contributed by atoms with van der Waals surface area (Å²) in [5.74, 6) is 0.546. The Balaban J connectivity index is 1.73. The maximum atomic E-state index is 13.2. The van der Waals surface area contributed by atoms with E-state index >= 15 is 0 Å². The van der Waals surface area contributed by atoms with Crippen molar-refractivity contribution >= 4 is 34.3 Å². The van der Waals surface area contributed by atoms with E-state index in [9.17, 15) is 4.79 Å². The summed E-state index contributed by atoms with van der Waals surface area (Å²) in [5, 5.41) is 10.8. The fraction of sp³-hybridized carbons (Fsp3) is 0.0870. The van der Waals surface area contributed by atoms with Gasteiger partial charge in [-0.1, -0.05) is 71.9 Å². The van der Waals surface area contributed by atoms with Crippen molar-refractivity contribution in [1.29, 1.82) is 5.26 Å². The first-order valence-corrected chi connectivity index (χ1v) is 10.4. The summed E-state index contributed by atoms with van der Waals surface area (Å²) in [6, 6.07) is 24.6. The van der Waals surface area contributed by atoms with Crippen molar-refractivity contribution in [2.45, 2.75) is 17.5 Å². The van der Waals surface area contributed by atoms with Gasteiger partial charge in [-0.05, 0) is 35.4 Å². The molecule has 4 aromatic rings. The van der Waals surface area contributed by atoms with Gasteiger partial charge in [-0.25, -0.2) is 4.98 Å². The number of aromatic nitrogens is 2. The first-order chi connectivity index (χ1) is 14.2. The predicted molar refractivity (Wildman–Crippen MR) is 117 cm³/mol. The number of halogens is 1. The molecule has 0 bridgehead atoms. The summed E-state index contributed by atoms with van der Waals surface area (Å²) in [6.07, 6.45) is 0. The third-order valence-corrected chi connectivity index (χ3v) is 5.93. The number of hydrogen-bond donors (Lipinski definition) is 0. The molecular weight excluding hydrogens is 402 g/mol. The molecule has 0 atom stereocenters. The van der Waals surface area contributed by atoms with Crippen LogP contribution in [0.15, 0.2) is 82.7 Å². The molecule has 0 saturated heterocycles. The molecule has 0 fully saturated rings. The molecule has 1 aromatic heterocycles. The fourth-order valence-corrected chi connectivity index (χ4v) is 4.37. The van der Waals surface area contributed by atoms with Crippen molar-refractivity contribution < 1.29 is 0 Å². The van der Waals surface area contributed by atoms with E-state index in [1.165, 1.54) is 11.8 Å². The highest BCUT2D eigenvalue weighted by molar-refractivity contribution is 7.98. The van der Waals surface area contributed by atoms with E-state index in [1.807, 2.05) is 54.6 Å². The molecule has 4 nitrogen and oxygen atoms in total. The van der Waals surface area contributed by atoms with E-state index in [2.05, 4.69) is 6.07 Å². The van der Waals surface area contributed by atoms with Gasteiger partial charge in [-0.3, -0.25) is 9.36 Å². The number of thioether (sulfide) groups is 1. The summed E-state index contributed by atoms with van der Waals surface area (Å²) < 4.78 is 1.71. The van der Waals surface area contributed by atoms with Crippen LogP contribution in [0.3, 0.4) is 0 Å². The summed E-state index contributed by atoms with van der Waals surface area (Å²) in [6.45, 7) is 0.445. The Morgan fingerprint density at radius 3 is 2.55 bits per heavy atom. The molecule has 142 valence electrons. The van der Waals surface area contributed by atoms with Gasteiger partial charge in [0, 0.05) is 10.8 Å². The summed E-state index contributed by atoms with van der Waals surface area (Å²) in [7, 11) is 0. The molecule has 0 amide bonds. The van der Waals surface area contributed by atoms with Gasteiger partial charge < -0.3 is 0 Å². The molecule has 0 radical (unpaired) electrons. The Bertz CT molecular complexity index is 1280. The molecule has 0 aliphatic rings. The van der Waals surface area contributed by atoms with Gasteiger partial charge >= 0.3 is 0 Å². The van der Waals surface area contributed by atoms with Gasteiger partial charge in [0.1, 0.15) is 0 Å². The molecule has 0 saturated carbocycles. The minimum absolute atomic E-state index is 0.0621. The summed E-state index contributed by atoms with van der Waals surface area (Å²) in [4.78, 5) is 17.9. The van der Waals surface area contributed by atoms with Gasteiger partial charge in [0.25, 0.3) is 5.56 Å². The zero-order chi connectivity index (χ0) is 20.2. The number of para-hydroxylation sites is 1. The molecule has 0 N–H and O–H groups in total. The summed E-state index contributed by atoms with van der Waals surface area (Å²) >= 11 is 7.78. The van der Waals surface area contributed by atoms with E-state index in [0.29, 0.717) is 38.9 Å². The van der Waals surface area contributed by atoms with Crippen LogP contribution >= 0.6 is 23.4 Å². The number of hydrogen-bond acceptors (Lipinski definition) is 4. The largest absolute Gasteiger partial charge is 0.283 e. The fourth-order valence-electron chi connectivity index (χ4n) is 3.04. The van der Waals surface area contributed by atoms with Crippen molar-refractivity contribution in [2.24, 2.45) is 0 Å². The van der Waals surface area contributed by atoms with Crippen LogP contribution in [-0.2, 0) is 12.3 Å². The zero-order valence-corrected chi connectivity index (χ0v) is 17.0. The second-order valence-corrected chi connectivity index (χ2v) is 7.84. The van der Waals surface area contributed by atoms with Gasteiger partial charge in [-0.15, -0.1) is 0 Å². The Labute approximate surface area is 177 Å². The van der Waals surface area contributed by atoms with Crippen LogP contribution < -0.4 is 5.56 Å². The van der Waals surface area contributed by atoms with E-state index < -0.39 is 0 Å². The topological polar surface area (TPSA) is 58.7 Å². The average Bonchev–Trinajstić information content (AvgIpc) is 2.76. The predicted octanol–water partition coefficient (Wildman–Crippen LogP) is 5.26. The zero-order valence-electron chi connectivity index (χ0n) is 15.4. The lowest BCUT2D eigenvalue weighted by atomic mass is 10.2. The van der Waals surface area contributed by atoms with Crippen LogP contribution in [0.25, 0.3) is 10.9 Å². The van der Waals surface area contributed by atoms with Crippen LogP contribution in [0.2, 0.25) is 5.02 Å². The molecule has 1 heterocycles. The van der Waals surface area contributed by atoms with Crippen LogP contribution in [0.1, 0.15) is 16.7 Å². The molecule has 4 rings (SSSR count). The Morgan fingerprint density at radius 2 is 1.79 bits per heavy atom. The van der Waals surface area contributed by atoms with E-state index in [4.69, 9.17) is 21.8 Å². The van der Waals surface area contributed by atoms with Gasteiger partial charge in [-0.2, -0.15) is 5.26 Å². The van der Waals surface area contributed by atoms with Gasteiger partial charge in [0.2, 0.25) is 0 Å². The molecule has 0 aliphatic heterocycles. The maximum Gasteiger partial charge on any atom is 0.262 e. The Hall–Kier alpha value is -3.07. The van der Waals surface area contributed by atoms with Gasteiger partial charge in [0.15, 0.2) is 5.16 Å². The maximum absolute atomic E-state index is 13.2. The highest BCUT2D eigenvalue weighted by Gasteiger charge is 2.13. The van der Waals surface area contributed by atoms with Crippen molar-refractivity contribution in [3.63, 3.8) is 0 Å². The normalized spacial score (nSPS) is 10.8. The monoisotopic (exact) mass is 417 g/mol. The van der Waals surface area contributed by atoms with Crippen molar-refractivity contribution in [3.05, 3.63) is 105 Å². The number of rotatable bonds is 5. The first-order valence-electron chi connectivity index (χ1n) is 9.00. The molecule has 0 unspecified atom stereocenters. The lowest BCUT2D eigenvalue weighted by Gasteiger charge is -2.13. The van der Waals surface area contributed by atoms with Crippen molar-refractivity contribution in [2.75, 3.05) is 0 Å². The van der Waals surface area contributed by atoms with E-state index in [0.717, 1.165) is 11.1 Å². The lowest BCUT2D eigenvalue weighted by Crippen LogP contribution is -2.24. The van der Waals surface area contributed by atoms with E-state index in [1.54, 1.807) is 22.8 Å². The number of nitriles is 1. The second kappa shape index (κ2) is 8.52. The van der Waals surface area contributed by atoms with Crippen LogP contribution in [0.4, 0.5) is 0 Å². The molecular formula is C23H16ClN3OS. The van der Waals surface area contributed by atoms with Crippen LogP contribution in [0.5, 0.6) is 0 Å². The minimum Gasteiger partial charge on any atom is -0.283 e. The van der Waals surface area contributed by atoms with Crippen LogP contribution in [-0.4, -0.2) is 9.55 Å². The number of benzene rings is 3. The second-order valence-electron chi connectivity index (χ2n) is 6.50. The number of nitrogens with zero attached hydrogens (tertiary/aromatic N) is 3. The Kier molecular flexibility index (Phi) is 5.66. The lowest BCUT2D eigenvalue weighted by molar-refractivity contribution is 0.658. The third-order valence-electron chi connectivity index (χ3n) is 4.55. The highest BCUT2D eigenvalue weighted by atomic mass is 35.5. The standard InChI is InChI=1S/C23H16ClN3OS/c24-20-12-17(13-25)10-11-18(20)15-29-23-26-21-9-5-4-8-19(21)22(28)27(23)14-16-6-2-1-3-7-16/h1-12H,14-15H2. The quantitative estimate of drug-likeness (QED) is 0.328. The van der Waals surface area contributed by atoms with Crippen molar-refractivity contribution in [3.8, 4) is 6.07 Å². The molecule has 3 aromatic carbocycles. The van der Waals surface area contributed by atoms with Crippen molar-refractivity contribution in [1.82, 2.24) is 9.55 Å². The summed E-state index contributed by atoms with van der Waals surface area (Å²) in [5.41, 5.74) is 3.06. The SMILES string of the molecule is N#Cc1ccc(CSc2nc3ccccc3c(=O)n2Cc2ccccc2)c(Cl)c1. The minimum atomic E-state index is -0.0621. The molecule has 6 heteroatoms. The average molecular weight is 418 g/mol. The van der Waals surface area contributed by atoms with Crippen LogP contribution in [0, 0.1) is 11.3 Å². The molecule has 29 heavy (non-hydrogen) atoms. The highest BCUT2D eigenvalue weighted by Crippen LogP contribution is 2.27. The first kappa shape index (κ1) is 19.3. The molecule has 0 aliphatic carbocycles. The number of fused-ring (bicyclic) bond motifs is 1. The smallest absolute Gasteiger partial charge is 0.262 e. The Morgan fingerprint density at radius 1 is 1.03 bits per heavy atom. The molecule has 0 spiro atoms. The third kappa shape index (κ3) is 4.19.